The predicted octanol–water partition coefficient (Wildman–Crippen LogP) is 4.38. The number of nitrogens with one attached hydrogen (secondary N) is 1. The molecule has 4 rings (SSSR count). The van der Waals surface area contributed by atoms with Gasteiger partial charge in [0.25, 0.3) is 11.6 Å². The first-order valence-electron chi connectivity index (χ1n) is 9.30. The number of alkyl halides is 1. The van der Waals surface area contributed by atoms with Crippen LogP contribution in [0, 0.1) is 17.0 Å². The van der Waals surface area contributed by atoms with Gasteiger partial charge in [0.2, 0.25) is 0 Å². The molecule has 1 unspecified atom stereocenters. The van der Waals surface area contributed by atoms with Gasteiger partial charge in [-0.25, -0.2) is 0 Å². The van der Waals surface area contributed by atoms with E-state index in [1.807, 2.05) is 13.0 Å². The molecule has 1 aliphatic rings. The lowest BCUT2D eigenvalue weighted by Gasteiger charge is -2.16. The van der Waals surface area contributed by atoms with Crippen LogP contribution >= 0.6 is 11.6 Å². The van der Waals surface area contributed by atoms with Gasteiger partial charge in [-0.1, -0.05) is 0 Å². The smallest absolute Gasteiger partial charge is 0.274 e. The fraction of sp³-hybridized carbons (Fsp3) is 0.286. The predicted molar refractivity (Wildman–Crippen MR) is 114 cm³/mol. The number of nitrogens with zero attached hydrogens (tertiary/aromatic N) is 2. The number of anilines is 1. The number of halogens is 1. The number of non-ortho nitro benzene ring substituents is 1. The van der Waals surface area contributed by atoms with Crippen LogP contribution in [-0.4, -0.2) is 42.5 Å². The summed E-state index contributed by atoms with van der Waals surface area (Å²) in [5.74, 6) is 1.18. The number of carbonyl (C=O) groups is 1. The summed E-state index contributed by atoms with van der Waals surface area (Å²) in [5.41, 5.74) is 3.13. The van der Waals surface area contributed by atoms with E-state index in [0.717, 1.165) is 16.5 Å². The molecule has 0 saturated heterocycles. The summed E-state index contributed by atoms with van der Waals surface area (Å²) in [7, 11) is 3.14. The maximum atomic E-state index is 13.4. The third-order valence-electron chi connectivity index (χ3n) is 5.52. The largest absolute Gasteiger partial charge is 0.496 e. The van der Waals surface area contributed by atoms with E-state index >= 15 is 0 Å². The number of fused-ring (bicyclic) bond motifs is 2. The number of ether oxygens (including phenoxy) is 2. The van der Waals surface area contributed by atoms with Gasteiger partial charge < -0.3 is 19.4 Å². The van der Waals surface area contributed by atoms with Crippen LogP contribution in [0.3, 0.4) is 0 Å². The highest BCUT2D eigenvalue weighted by Gasteiger charge is 2.34. The normalized spacial score (nSPS) is 15.3. The van der Waals surface area contributed by atoms with Gasteiger partial charge in [0, 0.05) is 41.4 Å². The maximum absolute atomic E-state index is 13.4. The average molecular weight is 430 g/mol. The molecule has 1 aromatic heterocycles. The second kappa shape index (κ2) is 7.53. The number of nitro benzene ring substituents is 1. The Morgan fingerprint density at radius 3 is 2.70 bits per heavy atom. The quantitative estimate of drug-likeness (QED) is 0.368. The van der Waals surface area contributed by atoms with Crippen LogP contribution in [-0.2, 0) is 0 Å². The Balaban J connectivity index is 1.80. The number of H-pyrrole nitrogens is 1. The van der Waals surface area contributed by atoms with Crippen LogP contribution in [0.25, 0.3) is 10.9 Å². The van der Waals surface area contributed by atoms with E-state index in [1.54, 1.807) is 26.4 Å². The maximum Gasteiger partial charge on any atom is 0.274 e. The molecule has 1 amide bonds. The Labute approximate surface area is 177 Å². The van der Waals surface area contributed by atoms with Crippen LogP contribution in [0.5, 0.6) is 11.5 Å². The molecule has 30 heavy (non-hydrogen) atoms. The van der Waals surface area contributed by atoms with Crippen molar-refractivity contribution in [3.05, 3.63) is 57.3 Å². The number of aromatic amines is 1. The molecule has 0 radical (unpaired) electrons. The molecule has 1 aliphatic heterocycles. The second-order valence-corrected chi connectivity index (χ2v) is 7.46. The summed E-state index contributed by atoms with van der Waals surface area (Å²) in [6, 6.07) is 8.11. The van der Waals surface area contributed by atoms with Crippen molar-refractivity contribution in [1.29, 1.82) is 0 Å². The molecule has 3 aromatic rings. The molecule has 2 heterocycles. The standard InChI is InChI=1S/C21H20ClN3O5/c1-11-18(29-2)7-12-6-16(23-19(12)20(11)30-3)21(26)24-10-13(9-22)15-5-4-14(25(27)28)8-17(15)24/h4-8,13,23H,9-10H2,1-3H3. The Bertz CT molecular complexity index is 1170. The van der Waals surface area contributed by atoms with E-state index in [2.05, 4.69) is 4.98 Å². The molecule has 9 heteroatoms. The lowest BCUT2D eigenvalue weighted by Crippen LogP contribution is -2.30. The molecule has 1 atom stereocenters. The van der Waals surface area contributed by atoms with Crippen LogP contribution in [0.2, 0.25) is 0 Å². The Morgan fingerprint density at radius 2 is 2.07 bits per heavy atom. The number of rotatable bonds is 5. The molecule has 2 aromatic carbocycles. The van der Waals surface area contributed by atoms with Crippen LogP contribution in [0.15, 0.2) is 30.3 Å². The summed E-state index contributed by atoms with van der Waals surface area (Å²) in [5, 5.41) is 12.0. The van der Waals surface area contributed by atoms with Crippen molar-refractivity contribution < 1.29 is 19.2 Å². The number of carbonyl (C=O) groups excluding carboxylic acids is 1. The van der Waals surface area contributed by atoms with Gasteiger partial charge in [-0.15, -0.1) is 11.6 Å². The highest BCUT2D eigenvalue weighted by atomic mass is 35.5. The highest BCUT2D eigenvalue weighted by Crippen LogP contribution is 2.41. The number of aromatic nitrogens is 1. The Kier molecular flexibility index (Phi) is 5.03. The monoisotopic (exact) mass is 429 g/mol. The highest BCUT2D eigenvalue weighted by molar-refractivity contribution is 6.19. The van der Waals surface area contributed by atoms with Crippen molar-refractivity contribution in [2.45, 2.75) is 12.8 Å². The zero-order chi connectivity index (χ0) is 21.6. The number of benzene rings is 2. The van der Waals surface area contributed by atoms with E-state index in [0.29, 0.717) is 40.8 Å². The average Bonchev–Trinajstić information content (AvgIpc) is 3.33. The molecule has 1 N–H and O–H groups in total. The molecule has 0 bridgehead atoms. The fourth-order valence-corrected chi connectivity index (χ4v) is 4.28. The summed E-state index contributed by atoms with van der Waals surface area (Å²) in [6.45, 7) is 2.23. The number of amides is 1. The topological polar surface area (TPSA) is 97.7 Å². The molecular formula is C21H20ClN3O5. The third-order valence-corrected chi connectivity index (χ3v) is 5.89. The first-order chi connectivity index (χ1) is 14.4. The minimum atomic E-state index is -0.472. The molecule has 0 saturated carbocycles. The van der Waals surface area contributed by atoms with Crippen molar-refractivity contribution in [3.8, 4) is 11.5 Å². The molecular weight excluding hydrogens is 410 g/mol. The van der Waals surface area contributed by atoms with E-state index < -0.39 is 4.92 Å². The van der Waals surface area contributed by atoms with E-state index in [4.69, 9.17) is 21.1 Å². The van der Waals surface area contributed by atoms with E-state index in [-0.39, 0.29) is 17.5 Å². The van der Waals surface area contributed by atoms with Crippen molar-refractivity contribution in [3.63, 3.8) is 0 Å². The van der Waals surface area contributed by atoms with Gasteiger partial charge in [0.1, 0.15) is 17.2 Å². The lowest BCUT2D eigenvalue weighted by atomic mass is 10.0. The van der Waals surface area contributed by atoms with E-state index in [1.165, 1.54) is 17.0 Å². The number of hydrogen-bond acceptors (Lipinski definition) is 5. The minimum Gasteiger partial charge on any atom is -0.496 e. The van der Waals surface area contributed by atoms with Crippen LogP contribution in [0.1, 0.15) is 27.5 Å². The fourth-order valence-electron chi connectivity index (χ4n) is 4.01. The number of methoxy groups -OCH3 is 2. The molecule has 0 aliphatic carbocycles. The summed E-state index contributed by atoms with van der Waals surface area (Å²) in [6.07, 6.45) is 0. The third kappa shape index (κ3) is 3.04. The Morgan fingerprint density at radius 1 is 1.30 bits per heavy atom. The molecule has 8 nitrogen and oxygen atoms in total. The van der Waals surface area contributed by atoms with E-state index in [9.17, 15) is 14.9 Å². The van der Waals surface area contributed by atoms with Gasteiger partial charge in [-0.05, 0) is 30.7 Å². The first kappa shape index (κ1) is 20.0. The summed E-state index contributed by atoms with van der Waals surface area (Å²) in [4.78, 5) is 28.8. The van der Waals surface area contributed by atoms with Gasteiger partial charge in [-0.2, -0.15) is 0 Å². The molecule has 0 spiro atoms. The van der Waals surface area contributed by atoms with Gasteiger partial charge in [-0.3, -0.25) is 14.9 Å². The van der Waals surface area contributed by atoms with Crippen LogP contribution in [0.4, 0.5) is 11.4 Å². The number of nitro groups is 1. The second-order valence-electron chi connectivity index (χ2n) is 7.15. The SMILES string of the molecule is COc1cc2cc(C(=O)N3CC(CCl)c4ccc([N+](=O)[O-])cc43)[nH]c2c(OC)c1C. The Hall–Kier alpha value is -3.26. The van der Waals surface area contributed by atoms with Crippen molar-refractivity contribution in [1.82, 2.24) is 4.98 Å². The zero-order valence-corrected chi connectivity index (χ0v) is 17.4. The first-order valence-corrected chi connectivity index (χ1v) is 9.83. The summed E-state index contributed by atoms with van der Waals surface area (Å²) >= 11 is 6.10. The minimum absolute atomic E-state index is 0.0690. The van der Waals surface area contributed by atoms with Gasteiger partial charge >= 0.3 is 0 Å². The number of hydrogen-bond donors (Lipinski definition) is 1. The van der Waals surface area contributed by atoms with Crippen molar-refractivity contribution in [2.75, 3.05) is 31.5 Å². The molecule has 156 valence electrons. The van der Waals surface area contributed by atoms with Crippen LogP contribution < -0.4 is 14.4 Å². The van der Waals surface area contributed by atoms with Gasteiger partial charge in [0.05, 0.1) is 30.3 Å². The van der Waals surface area contributed by atoms with Crippen molar-refractivity contribution in [2.24, 2.45) is 0 Å². The molecule has 0 fully saturated rings. The lowest BCUT2D eigenvalue weighted by molar-refractivity contribution is -0.384. The van der Waals surface area contributed by atoms with Gasteiger partial charge in [0.15, 0.2) is 0 Å². The zero-order valence-electron chi connectivity index (χ0n) is 16.7. The van der Waals surface area contributed by atoms with Crippen molar-refractivity contribution >= 4 is 39.8 Å². The summed E-state index contributed by atoms with van der Waals surface area (Å²) < 4.78 is 10.9.